The van der Waals surface area contributed by atoms with Crippen LogP contribution in [0.3, 0.4) is 0 Å². The van der Waals surface area contributed by atoms with Gasteiger partial charge in [0, 0.05) is 19.3 Å². The van der Waals surface area contributed by atoms with E-state index in [0.717, 1.165) is 83.5 Å². The van der Waals surface area contributed by atoms with Gasteiger partial charge < -0.3 is 14.2 Å². The molecule has 1 unspecified atom stereocenters. The average Bonchev–Trinajstić information content (AvgIpc) is 3.28. The molecule has 0 aliphatic heterocycles. The molecule has 0 saturated heterocycles. The number of carbonyl (C=O) groups is 3. The number of allylic oxidation sites excluding steroid dienone is 6. The minimum absolute atomic E-state index is 0.0774. The van der Waals surface area contributed by atoms with E-state index in [-0.39, 0.29) is 31.1 Å². The Labute approximate surface area is 391 Å². The Hall–Kier alpha value is -2.37. The smallest absolute Gasteiger partial charge is 0.306 e. The molecule has 0 aromatic carbocycles. The topological polar surface area (TPSA) is 78.9 Å². The Balaban J connectivity index is 4.37. The second-order valence-electron chi connectivity index (χ2n) is 18.5. The SMILES string of the molecule is CCCCC/C=C\C/C=C\CCCCCCCCCC(=O)OCC(COC(=O)CCCCCCCCCCCCCCCC)OC(=O)CCCCC/C=C\CCCCCCCCC. The number of hydrogen-bond donors (Lipinski definition) is 0. The molecule has 0 fully saturated rings. The number of unbranched alkanes of at least 4 members (excludes halogenated alkanes) is 33. The zero-order chi connectivity index (χ0) is 45.8. The van der Waals surface area contributed by atoms with Gasteiger partial charge in [-0.15, -0.1) is 0 Å². The zero-order valence-corrected chi connectivity index (χ0v) is 42.1. The van der Waals surface area contributed by atoms with Crippen molar-refractivity contribution in [2.24, 2.45) is 0 Å². The maximum absolute atomic E-state index is 12.8. The van der Waals surface area contributed by atoms with E-state index < -0.39 is 6.10 Å². The van der Waals surface area contributed by atoms with Gasteiger partial charge in [-0.25, -0.2) is 0 Å². The van der Waals surface area contributed by atoms with Gasteiger partial charge in [-0.05, 0) is 77.0 Å². The molecule has 6 nitrogen and oxygen atoms in total. The summed E-state index contributed by atoms with van der Waals surface area (Å²) in [5.74, 6) is -0.888. The van der Waals surface area contributed by atoms with Gasteiger partial charge in [0.05, 0.1) is 0 Å². The van der Waals surface area contributed by atoms with E-state index in [2.05, 4.69) is 57.2 Å². The highest BCUT2D eigenvalue weighted by atomic mass is 16.6. The van der Waals surface area contributed by atoms with E-state index in [1.54, 1.807) is 0 Å². The summed E-state index contributed by atoms with van der Waals surface area (Å²) in [5, 5.41) is 0. The van der Waals surface area contributed by atoms with Gasteiger partial charge in [-0.1, -0.05) is 231 Å². The highest BCUT2D eigenvalue weighted by molar-refractivity contribution is 5.71. The summed E-state index contributed by atoms with van der Waals surface area (Å²) in [6, 6.07) is 0. The molecule has 368 valence electrons. The van der Waals surface area contributed by atoms with Crippen LogP contribution in [-0.4, -0.2) is 37.2 Å². The summed E-state index contributed by atoms with van der Waals surface area (Å²) in [5.41, 5.74) is 0. The molecule has 63 heavy (non-hydrogen) atoms. The highest BCUT2D eigenvalue weighted by Crippen LogP contribution is 2.16. The summed E-state index contributed by atoms with van der Waals surface area (Å²) >= 11 is 0. The molecule has 0 bridgehead atoms. The third kappa shape index (κ3) is 50.5. The van der Waals surface area contributed by atoms with Crippen molar-refractivity contribution in [2.45, 2.75) is 297 Å². The van der Waals surface area contributed by atoms with Crippen molar-refractivity contribution < 1.29 is 28.6 Å². The normalized spacial score (nSPS) is 12.2. The van der Waals surface area contributed by atoms with Gasteiger partial charge in [-0.3, -0.25) is 14.4 Å². The van der Waals surface area contributed by atoms with Crippen LogP contribution in [0.25, 0.3) is 0 Å². The lowest BCUT2D eigenvalue weighted by atomic mass is 10.0. The van der Waals surface area contributed by atoms with Gasteiger partial charge in [0.25, 0.3) is 0 Å². The lowest BCUT2D eigenvalue weighted by Gasteiger charge is -2.18. The lowest BCUT2D eigenvalue weighted by Crippen LogP contribution is -2.30. The van der Waals surface area contributed by atoms with Crippen LogP contribution in [0.4, 0.5) is 0 Å². The van der Waals surface area contributed by atoms with E-state index in [9.17, 15) is 14.4 Å². The Morgan fingerprint density at radius 2 is 0.571 bits per heavy atom. The number of rotatable bonds is 50. The molecular weight excluding hydrogens is 781 g/mol. The van der Waals surface area contributed by atoms with Crippen molar-refractivity contribution in [1.82, 2.24) is 0 Å². The van der Waals surface area contributed by atoms with Crippen LogP contribution in [0.2, 0.25) is 0 Å². The number of carbonyl (C=O) groups excluding carboxylic acids is 3. The molecule has 0 aromatic rings. The van der Waals surface area contributed by atoms with E-state index >= 15 is 0 Å². The molecular formula is C57H104O6. The average molecular weight is 885 g/mol. The molecule has 0 rings (SSSR count). The van der Waals surface area contributed by atoms with Gasteiger partial charge in [0.1, 0.15) is 13.2 Å². The lowest BCUT2D eigenvalue weighted by molar-refractivity contribution is -0.167. The van der Waals surface area contributed by atoms with Crippen molar-refractivity contribution in [1.29, 1.82) is 0 Å². The largest absolute Gasteiger partial charge is 0.462 e. The van der Waals surface area contributed by atoms with E-state index in [0.29, 0.717) is 19.3 Å². The summed E-state index contributed by atoms with van der Waals surface area (Å²) in [6.07, 6.45) is 61.2. The summed E-state index contributed by atoms with van der Waals surface area (Å²) < 4.78 is 16.8. The summed E-state index contributed by atoms with van der Waals surface area (Å²) in [6.45, 7) is 6.62. The van der Waals surface area contributed by atoms with Crippen molar-refractivity contribution >= 4 is 17.9 Å². The van der Waals surface area contributed by atoms with Crippen LogP contribution in [0, 0.1) is 0 Å². The van der Waals surface area contributed by atoms with Crippen LogP contribution in [0.15, 0.2) is 36.5 Å². The maximum atomic E-state index is 12.8. The first kappa shape index (κ1) is 60.6. The molecule has 0 aliphatic rings. The third-order valence-electron chi connectivity index (χ3n) is 12.1. The van der Waals surface area contributed by atoms with Crippen molar-refractivity contribution in [3.05, 3.63) is 36.5 Å². The van der Waals surface area contributed by atoms with Crippen molar-refractivity contribution in [3.8, 4) is 0 Å². The predicted molar refractivity (Wildman–Crippen MR) is 270 cm³/mol. The third-order valence-corrected chi connectivity index (χ3v) is 12.1. The van der Waals surface area contributed by atoms with E-state index in [1.165, 1.54) is 167 Å². The monoisotopic (exact) mass is 885 g/mol. The quantitative estimate of drug-likeness (QED) is 0.0262. The minimum Gasteiger partial charge on any atom is -0.462 e. The standard InChI is InChI=1S/C57H104O6/c1-4-7-10-13-16-19-22-25-28-29-30-33-35-38-41-44-47-50-56(59)62-53-54(63-57(60)51-48-45-42-39-36-32-27-24-21-18-15-12-9-6-3)52-61-55(58)49-46-43-40-37-34-31-26-23-20-17-14-11-8-5-2/h16,19,25,28,32,36,54H,4-15,17-18,20-24,26-27,29-31,33-35,37-53H2,1-3H3/b19-16-,28-25-,36-32-. The first-order valence-corrected chi connectivity index (χ1v) is 27.5. The van der Waals surface area contributed by atoms with Crippen LogP contribution < -0.4 is 0 Å². The maximum Gasteiger partial charge on any atom is 0.306 e. The number of hydrogen-bond acceptors (Lipinski definition) is 6. The van der Waals surface area contributed by atoms with Gasteiger partial charge in [0.15, 0.2) is 6.10 Å². The number of ether oxygens (including phenoxy) is 3. The fourth-order valence-corrected chi connectivity index (χ4v) is 7.94. The Bertz CT molecular complexity index is 1060. The fraction of sp³-hybridized carbons (Fsp3) is 0.842. The van der Waals surface area contributed by atoms with E-state index in [4.69, 9.17) is 14.2 Å². The first-order valence-electron chi connectivity index (χ1n) is 27.5. The molecule has 6 heteroatoms. The van der Waals surface area contributed by atoms with Crippen molar-refractivity contribution in [3.63, 3.8) is 0 Å². The Morgan fingerprint density at radius 1 is 0.317 bits per heavy atom. The minimum atomic E-state index is -0.779. The van der Waals surface area contributed by atoms with Crippen LogP contribution in [0.5, 0.6) is 0 Å². The second-order valence-corrected chi connectivity index (χ2v) is 18.5. The molecule has 0 amide bonds. The van der Waals surface area contributed by atoms with E-state index in [1.807, 2.05) is 0 Å². The van der Waals surface area contributed by atoms with Gasteiger partial charge in [0.2, 0.25) is 0 Å². The highest BCUT2D eigenvalue weighted by Gasteiger charge is 2.19. The molecule has 0 aromatic heterocycles. The first-order chi connectivity index (χ1) is 31.0. The molecule has 0 spiro atoms. The molecule has 0 radical (unpaired) electrons. The number of esters is 3. The van der Waals surface area contributed by atoms with Crippen molar-refractivity contribution in [2.75, 3.05) is 13.2 Å². The second kappa shape index (κ2) is 52.3. The van der Waals surface area contributed by atoms with Crippen LogP contribution in [0.1, 0.15) is 290 Å². The molecule has 0 aliphatic carbocycles. The molecule has 0 N–H and O–H groups in total. The summed E-state index contributed by atoms with van der Waals surface area (Å²) in [7, 11) is 0. The van der Waals surface area contributed by atoms with Gasteiger partial charge in [-0.2, -0.15) is 0 Å². The predicted octanol–water partition coefficient (Wildman–Crippen LogP) is 18.1. The van der Waals surface area contributed by atoms with Gasteiger partial charge >= 0.3 is 17.9 Å². The molecule has 1 atom stereocenters. The van der Waals surface area contributed by atoms with Crippen LogP contribution in [-0.2, 0) is 28.6 Å². The van der Waals surface area contributed by atoms with Crippen LogP contribution >= 0.6 is 0 Å². The zero-order valence-electron chi connectivity index (χ0n) is 42.1. The summed E-state index contributed by atoms with van der Waals surface area (Å²) in [4.78, 5) is 38.0. The Morgan fingerprint density at radius 3 is 0.937 bits per heavy atom. The molecule has 0 saturated carbocycles. The molecule has 0 heterocycles. The fourth-order valence-electron chi connectivity index (χ4n) is 7.94. The Kier molecular flexibility index (Phi) is 50.3.